The Morgan fingerprint density at radius 3 is 2.86 bits per heavy atom. The van der Waals surface area contributed by atoms with Crippen LogP contribution in [0.3, 0.4) is 0 Å². The van der Waals surface area contributed by atoms with Gasteiger partial charge in [0.05, 0.1) is 28.3 Å². The molecule has 0 N–H and O–H groups in total. The molecule has 2 aromatic heterocycles. The molecule has 0 saturated heterocycles. The number of fused-ring (bicyclic) bond motifs is 1. The summed E-state index contributed by atoms with van der Waals surface area (Å²) in [4.78, 5) is 4.43. The molecule has 108 valence electrons. The van der Waals surface area contributed by atoms with Crippen LogP contribution >= 0.6 is 23.2 Å². The first-order valence-corrected chi connectivity index (χ1v) is 7.27. The monoisotopic (exact) mass is 324 g/mol. The summed E-state index contributed by atoms with van der Waals surface area (Å²) in [5.41, 5.74) is 2.10. The minimum atomic E-state index is -0.481. The molecule has 21 heavy (non-hydrogen) atoms. The normalized spacial score (nSPS) is 11.2. The summed E-state index contributed by atoms with van der Waals surface area (Å²) in [5, 5.41) is 7.99. The third-order valence-electron chi connectivity index (χ3n) is 3.14. The van der Waals surface area contributed by atoms with Gasteiger partial charge >= 0.3 is 0 Å². The molecule has 2 heterocycles. The molecule has 0 fully saturated rings. The van der Waals surface area contributed by atoms with Gasteiger partial charge in [0.2, 0.25) is 0 Å². The van der Waals surface area contributed by atoms with E-state index in [1.54, 1.807) is 12.3 Å². The zero-order valence-corrected chi connectivity index (χ0v) is 12.4. The summed E-state index contributed by atoms with van der Waals surface area (Å²) in [7, 11) is 0. The zero-order chi connectivity index (χ0) is 14.8. The maximum Gasteiger partial charge on any atom is 0.144 e. The zero-order valence-electron chi connectivity index (χ0n) is 10.9. The number of alkyl halides is 1. The van der Waals surface area contributed by atoms with E-state index in [9.17, 15) is 4.39 Å². The van der Waals surface area contributed by atoms with Gasteiger partial charge in [0.25, 0.3) is 0 Å². The second kappa shape index (κ2) is 5.95. The van der Waals surface area contributed by atoms with Crippen LogP contribution in [0.2, 0.25) is 5.02 Å². The summed E-state index contributed by atoms with van der Waals surface area (Å²) < 4.78 is 15.5. The van der Waals surface area contributed by atoms with Gasteiger partial charge in [-0.3, -0.25) is 0 Å². The second-order valence-electron chi connectivity index (χ2n) is 4.52. The van der Waals surface area contributed by atoms with E-state index in [1.165, 1.54) is 6.07 Å². The van der Waals surface area contributed by atoms with E-state index in [1.807, 2.05) is 16.7 Å². The van der Waals surface area contributed by atoms with Gasteiger partial charge in [-0.05, 0) is 18.2 Å². The highest BCUT2D eigenvalue weighted by atomic mass is 35.5. The van der Waals surface area contributed by atoms with Crippen molar-refractivity contribution in [3.8, 4) is 0 Å². The first kappa shape index (κ1) is 14.2. The van der Waals surface area contributed by atoms with Crippen molar-refractivity contribution in [2.45, 2.75) is 13.0 Å². The SMILES string of the molecule is Fc1cc2nc(CCCl)n(Cc3cccnn3)c2cc1Cl. The standard InChI is InChI=1S/C14H11Cl2FN4/c15-4-3-14-19-12-7-11(17)10(16)6-13(12)21(14)8-9-2-1-5-18-20-9/h1-2,5-7H,3-4,8H2. The maximum absolute atomic E-state index is 13.6. The summed E-state index contributed by atoms with van der Waals surface area (Å²) in [6.45, 7) is 0.485. The van der Waals surface area contributed by atoms with Gasteiger partial charge in [0.1, 0.15) is 11.6 Å². The van der Waals surface area contributed by atoms with Crippen molar-refractivity contribution in [3.63, 3.8) is 0 Å². The van der Waals surface area contributed by atoms with Gasteiger partial charge < -0.3 is 4.57 Å². The Hall–Kier alpha value is -1.72. The molecule has 0 unspecified atom stereocenters. The molecule has 0 aliphatic carbocycles. The quantitative estimate of drug-likeness (QED) is 0.690. The fraction of sp³-hybridized carbons (Fsp3) is 0.214. The molecular weight excluding hydrogens is 314 g/mol. The van der Waals surface area contributed by atoms with Crippen LogP contribution in [0.15, 0.2) is 30.5 Å². The Balaban J connectivity index is 2.13. The Labute approximate surface area is 130 Å². The number of rotatable bonds is 4. The van der Waals surface area contributed by atoms with Gasteiger partial charge in [-0.1, -0.05) is 11.6 Å². The predicted molar refractivity (Wildman–Crippen MR) is 80.3 cm³/mol. The van der Waals surface area contributed by atoms with E-state index in [0.717, 1.165) is 17.0 Å². The van der Waals surface area contributed by atoms with E-state index in [4.69, 9.17) is 23.2 Å². The van der Waals surface area contributed by atoms with Crippen LogP contribution in [0.5, 0.6) is 0 Å². The van der Waals surface area contributed by atoms with Crippen LogP contribution in [-0.2, 0) is 13.0 Å². The van der Waals surface area contributed by atoms with E-state index in [0.29, 0.717) is 24.4 Å². The van der Waals surface area contributed by atoms with Crippen molar-refractivity contribution in [3.05, 3.63) is 52.8 Å². The van der Waals surface area contributed by atoms with Gasteiger partial charge in [0.15, 0.2) is 0 Å². The molecule has 0 spiro atoms. The molecule has 3 rings (SSSR count). The number of nitrogens with zero attached hydrogens (tertiary/aromatic N) is 4. The Morgan fingerprint density at radius 2 is 2.14 bits per heavy atom. The van der Waals surface area contributed by atoms with Crippen LogP contribution in [-0.4, -0.2) is 25.6 Å². The number of halogens is 3. The highest BCUT2D eigenvalue weighted by Crippen LogP contribution is 2.24. The summed E-state index contributed by atoms with van der Waals surface area (Å²) in [6.07, 6.45) is 2.19. The first-order valence-electron chi connectivity index (χ1n) is 6.35. The van der Waals surface area contributed by atoms with E-state index >= 15 is 0 Å². The number of hydrogen-bond acceptors (Lipinski definition) is 3. The molecule has 3 aromatic rings. The molecule has 0 saturated carbocycles. The minimum Gasteiger partial charge on any atom is -0.322 e. The van der Waals surface area contributed by atoms with Crippen LogP contribution in [0.1, 0.15) is 11.5 Å². The summed E-state index contributed by atoms with van der Waals surface area (Å²) in [6, 6.07) is 6.60. The Kier molecular flexibility index (Phi) is 4.03. The van der Waals surface area contributed by atoms with Crippen molar-refractivity contribution >= 4 is 34.2 Å². The number of imidazole rings is 1. The number of hydrogen-bond donors (Lipinski definition) is 0. The first-order chi connectivity index (χ1) is 10.2. The average Bonchev–Trinajstić information content (AvgIpc) is 2.79. The molecular formula is C14H11Cl2FN4. The maximum atomic E-state index is 13.6. The second-order valence-corrected chi connectivity index (χ2v) is 5.31. The average molecular weight is 325 g/mol. The molecule has 0 atom stereocenters. The van der Waals surface area contributed by atoms with E-state index in [-0.39, 0.29) is 5.02 Å². The van der Waals surface area contributed by atoms with Gasteiger partial charge in [-0.15, -0.1) is 11.6 Å². The van der Waals surface area contributed by atoms with Crippen molar-refractivity contribution in [2.75, 3.05) is 5.88 Å². The molecule has 0 amide bonds. The fourth-order valence-electron chi connectivity index (χ4n) is 2.20. The smallest absolute Gasteiger partial charge is 0.144 e. The molecule has 1 aromatic carbocycles. The molecule has 4 nitrogen and oxygen atoms in total. The lowest BCUT2D eigenvalue weighted by molar-refractivity contribution is 0.629. The molecule has 0 aliphatic heterocycles. The van der Waals surface area contributed by atoms with Crippen LogP contribution in [0.4, 0.5) is 4.39 Å². The minimum absolute atomic E-state index is 0.0696. The van der Waals surface area contributed by atoms with Gasteiger partial charge in [-0.25, -0.2) is 9.37 Å². The van der Waals surface area contributed by atoms with E-state index in [2.05, 4.69) is 15.2 Å². The third kappa shape index (κ3) is 2.84. The van der Waals surface area contributed by atoms with Crippen molar-refractivity contribution in [1.29, 1.82) is 0 Å². The van der Waals surface area contributed by atoms with Crippen molar-refractivity contribution in [2.24, 2.45) is 0 Å². The van der Waals surface area contributed by atoms with Crippen LogP contribution < -0.4 is 0 Å². The van der Waals surface area contributed by atoms with Crippen molar-refractivity contribution in [1.82, 2.24) is 19.7 Å². The highest BCUT2D eigenvalue weighted by Gasteiger charge is 2.14. The summed E-state index contributed by atoms with van der Waals surface area (Å²) >= 11 is 11.7. The molecule has 0 bridgehead atoms. The highest BCUT2D eigenvalue weighted by molar-refractivity contribution is 6.31. The third-order valence-corrected chi connectivity index (χ3v) is 3.61. The molecule has 0 aliphatic rings. The lowest BCUT2D eigenvalue weighted by Gasteiger charge is -2.07. The Bertz CT molecular complexity index is 773. The molecule has 7 heteroatoms. The Morgan fingerprint density at radius 1 is 1.29 bits per heavy atom. The van der Waals surface area contributed by atoms with E-state index < -0.39 is 5.82 Å². The fourth-order valence-corrected chi connectivity index (χ4v) is 2.53. The lowest BCUT2D eigenvalue weighted by atomic mass is 10.3. The lowest BCUT2D eigenvalue weighted by Crippen LogP contribution is -2.07. The largest absolute Gasteiger partial charge is 0.322 e. The van der Waals surface area contributed by atoms with Gasteiger partial charge in [0, 0.05) is 24.6 Å². The molecule has 0 radical (unpaired) electrons. The van der Waals surface area contributed by atoms with Crippen molar-refractivity contribution < 1.29 is 4.39 Å². The van der Waals surface area contributed by atoms with Gasteiger partial charge in [-0.2, -0.15) is 10.2 Å². The number of benzene rings is 1. The predicted octanol–water partition coefficient (Wildman–Crippen LogP) is 3.45. The number of aromatic nitrogens is 4. The summed E-state index contributed by atoms with van der Waals surface area (Å²) in [5.74, 6) is 0.720. The van der Waals surface area contributed by atoms with Crippen LogP contribution in [0, 0.1) is 5.82 Å². The number of aryl methyl sites for hydroxylation is 1. The topological polar surface area (TPSA) is 43.6 Å². The van der Waals surface area contributed by atoms with Crippen LogP contribution in [0.25, 0.3) is 11.0 Å².